The van der Waals surface area contributed by atoms with Crippen molar-refractivity contribution < 1.29 is 4.74 Å². The van der Waals surface area contributed by atoms with E-state index < -0.39 is 0 Å². The number of halogens is 1. The second-order valence-corrected chi connectivity index (χ2v) is 4.42. The Morgan fingerprint density at radius 1 is 1.00 bits per heavy atom. The lowest BCUT2D eigenvalue weighted by Crippen LogP contribution is -1.81. The third-order valence-electron chi connectivity index (χ3n) is 2.31. The molecule has 0 aliphatic heterocycles. The van der Waals surface area contributed by atoms with E-state index in [0.717, 1.165) is 21.5 Å². The molecule has 0 amide bonds. The van der Waals surface area contributed by atoms with Crippen molar-refractivity contribution in [1.29, 1.82) is 0 Å². The van der Waals surface area contributed by atoms with E-state index in [4.69, 9.17) is 4.74 Å². The lowest BCUT2D eigenvalue weighted by atomic mass is 10.2. The molecule has 0 aromatic heterocycles. The first kappa shape index (κ1) is 11.9. The molecule has 0 bridgehead atoms. The van der Waals surface area contributed by atoms with Crippen molar-refractivity contribution in [3.8, 4) is 5.75 Å². The summed E-state index contributed by atoms with van der Waals surface area (Å²) in [6, 6.07) is 15.7. The zero-order valence-electron chi connectivity index (χ0n) is 9.43. The Labute approximate surface area is 109 Å². The van der Waals surface area contributed by atoms with Gasteiger partial charge in [0.25, 0.3) is 0 Å². The van der Waals surface area contributed by atoms with Crippen molar-refractivity contribution in [1.82, 2.24) is 0 Å². The first-order chi connectivity index (χ1) is 8.28. The molecule has 0 unspecified atom stereocenters. The van der Waals surface area contributed by atoms with Crippen LogP contribution >= 0.6 is 15.9 Å². The van der Waals surface area contributed by atoms with Crippen LogP contribution in [0.3, 0.4) is 0 Å². The highest BCUT2D eigenvalue weighted by Crippen LogP contribution is 2.17. The number of ether oxygens (including phenoxy) is 1. The third kappa shape index (κ3) is 3.43. The van der Waals surface area contributed by atoms with Crippen molar-refractivity contribution in [2.45, 2.75) is 0 Å². The van der Waals surface area contributed by atoms with Gasteiger partial charge in [-0.05, 0) is 42.0 Å². The fraction of sp³-hybridized carbons (Fsp3) is 0.0714. The van der Waals surface area contributed by atoms with Crippen LogP contribution in [0, 0.1) is 0 Å². The zero-order valence-corrected chi connectivity index (χ0v) is 11.0. The molecule has 0 saturated heterocycles. The maximum absolute atomic E-state index is 5.09. The summed E-state index contributed by atoms with van der Waals surface area (Å²) in [6.07, 6.45) is 1.84. The highest BCUT2D eigenvalue weighted by molar-refractivity contribution is 9.10. The summed E-state index contributed by atoms with van der Waals surface area (Å²) in [5.41, 5.74) is 1.98. The van der Waals surface area contributed by atoms with Gasteiger partial charge in [0, 0.05) is 10.7 Å². The number of hydrogen-bond acceptors (Lipinski definition) is 2. The largest absolute Gasteiger partial charge is 0.497 e. The number of nitrogens with zero attached hydrogens (tertiary/aromatic N) is 1. The minimum Gasteiger partial charge on any atom is -0.497 e. The molecule has 0 aliphatic rings. The minimum atomic E-state index is 0.840. The van der Waals surface area contributed by atoms with Gasteiger partial charge in [0.1, 0.15) is 5.75 Å². The van der Waals surface area contributed by atoms with Gasteiger partial charge in [-0.2, -0.15) is 0 Å². The van der Waals surface area contributed by atoms with E-state index in [0.29, 0.717) is 0 Å². The molecule has 2 aromatic rings. The van der Waals surface area contributed by atoms with Crippen molar-refractivity contribution in [2.24, 2.45) is 4.99 Å². The number of rotatable bonds is 3. The first-order valence-corrected chi connectivity index (χ1v) is 6.01. The molecule has 3 heteroatoms. The van der Waals surface area contributed by atoms with Gasteiger partial charge in [-0.15, -0.1) is 0 Å². The third-order valence-corrected chi connectivity index (χ3v) is 2.83. The van der Waals surface area contributed by atoms with Crippen molar-refractivity contribution in [2.75, 3.05) is 7.11 Å². The molecule has 0 heterocycles. The Balaban J connectivity index is 2.11. The molecule has 0 saturated carbocycles. The van der Waals surface area contributed by atoms with Crippen LogP contribution in [-0.4, -0.2) is 13.3 Å². The van der Waals surface area contributed by atoms with Crippen LogP contribution in [0.15, 0.2) is 58.0 Å². The number of aliphatic imine (C=N–C) groups is 1. The van der Waals surface area contributed by atoms with Crippen LogP contribution in [0.4, 0.5) is 5.69 Å². The molecule has 0 spiro atoms. The van der Waals surface area contributed by atoms with E-state index >= 15 is 0 Å². The van der Waals surface area contributed by atoms with Crippen molar-refractivity contribution in [3.63, 3.8) is 0 Å². The molecule has 0 fully saturated rings. The molecular weight excluding hydrogens is 278 g/mol. The molecular formula is C14H12BrNO. The summed E-state index contributed by atoms with van der Waals surface area (Å²) in [5, 5.41) is 0. The fourth-order valence-corrected chi connectivity index (χ4v) is 1.63. The normalized spacial score (nSPS) is 10.7. The monoisotopic (exact) mass is 289 g/mol. The topological polar surface area (TPSA) is 21.6 Å². The molecule has 2 nitrogen and oxygen atoms in total. The summed E-state index contributed by atoms with van der Waals surface area (Å²) in [4.78, 5) is 4.39. The van der Waals surface area contributed by atoms with Crippen LogP contribution in [0.1, 0.15) is 5.56 Å². The summed E-state index contributed by atoms with van der Waals surface area (Å²) in [6.45, 7) is 0. The SMILES string of the molecule is COc1ccc(N=Cc2ccc(Br)cc2)cc1. The smallest absolute Gasteiger partial charge is 0.119 e. The van der Waals surface area contributed by atoms with Gasteiger partial charge in [0.05, 0.1) is 12.8 Å². The molecule has 0 atom stereocenters. The lowest BCUT2D eigenvalue weighted by Gasteiger charge is -1.99. The van der Waals surface area contributed by atoms with Gasteiger partial charge in [-0.3, -0.25) is 4.99 Å². The average Bonchev–Trinajstić information content (AvgIpc) is 2.39. The molecule has 0 aliphatic carbocycles. The molecule has 86 valence electrons. The second kappa shape index (κ2) is 5.64. The van der Waals surface area contributed by atoms with Crippen molar-refractivity contribution in [3.05, 3.63) is 58.6 Å². The second-order valence-electron chi connectivity index (χ2n) is 3.51. The van der Waals surface area contributed by atoms with E-state index in [2.05, 4.69) is 20.9 Å². The van der Waals surface area contributed by atoms with Crippen molar-refractivity contribution >= 4 is 27.8 Å². The summed E-state index contributed by atoms with van der Waals surface area (Å²) in [7, 11) is 1.65. The highest BCUT2D eigenvalue weighted by atomic mass is 79.9. The minimum absolute atomic E-state index is 0.840. The quantitative estimate of drug-likeness (QED) is 0.776. The Morgan fingerprint density at radius 3 is 2.24 bits per heavy atom. The Morgan fingerprint density at radius 2 is 1.65 bits per heavy atom. The van der Waals surface area contributed by atoms with Gasteiger partial charge in [0.2, 0.25) is 0 Å². The number of benzene rings is 2. The zero-order chi connectivity index (χ0) is 12.1. The van der Waals surface area contributed by atoms with Gasteiger partial charge < -0.3 is 4.74 Å². The Kier molecular flexibility index (Phi) is 3.94. The molecule has 2 aromatic carbocycles. The van der Waals surface area contributed by atoms with E-state index in [1.807, 2.05) is 54.7 Å². The van der Waals surface area contributed by atoms with Crippen LogP contribution in [0.5, 0.6) is 5.75 Å². The predicted molar refractivity (Wildman–Crippen MR) is 74.4 cm³/mol. The summed E-state index contributed by atoms with van der Waals surface area (Å²) < 4.78 is 6.16. The molecule has 17 heavy (non-hydrogen) atoms. The maximum Gasteiger partial charge on any atom is 0.119 e. The van der Waals surface area contributed by atoms with Crippen LogP contribution < -0.4 is 4.74 Å². The molecule has 0 N–H and O–H groups in total. The highest BCUT2D eigenvalue weighted by Gasteiger charge is 1.92. The Bertz CT molecular complexity index is 503. The summed E-state index contributed by atoms with van der Waals surface area (Å²) in [5.74, 6) is 0.840. The first-order valence-electron chi connectivity index (χ1n) is 5.21. The van der Waals surface area contributed by atoms with Gasteiger partial charge >= 0.3 is 0 Å². The van der Waals surface area contributed by atoms with Gasteiger partial charge in [-0.25, -0.2) is 0 Å². The standard InChI is InChI=1S/C14H12BrNO/c1-17-14-8-6-13(7-9-14)16-10-11-2-4-12(15)5-3-11/h2-10H,1H3. The Hall–Kier alpha value is -1.61. The van der Waals surface area contributed by atoms with Crippen LogP contribution in [-0.2, 0) is 0 Å². The lowest BCUT2D eigenvalue weighted by molar-refractivity contribution is 0.415. The maximum atomic E-state index is 5.09. The van der Waals surface area contributed by atoms with Gasteiger partial charge in [-0.1, -0.05) is 28.1 Å². The van der Waals surface area contributed by atoms with Crippen LogP contribution in [0.2, 0.25) is 0 Å². The molecule has 0 radical (unpaired) electrons. The van der Waals surface area contributed by atoms with E-state index in [1.54, 1.807) is 7.11 Å². The molecule has 2 rings (SSSR count). The fourth-order valence-electron chi connectivity index (χ4n) is 1.37. The summed E-state index contributed by atoms with van der Waals surface area (Å²) >= 11 is 3.40. The van der Waals surface area contributed by atoms with Crippen LogP contribution in [0.25, 0.3) is 0 Å². The van der Waals surface area contributed by atoms with E-state index in [-0.39, 0.29) is 0 Å². The van der Waals surface area contributed by atoms with E-state index in [1.165, 1.54) is 0 Å². The number of methoxy groups -OCH3 is 1. The predicted octanol–water partition coefficient (Wildman–Crippen LogP) is 4.21. The van der Waals surface area contributed by atoms with E-state index in [9.17, 15) is 0 Å². The van der Waals surface area contributed by atoms with Gasteiger partial charge in [0.15, 0.2) is 0 Å². The average molecular weight is 290 g/mol. The number of hydrogen-bond donors (Lipinski definition) is 0.